The largest absolute Gasteiger partial charge is 0.481 e. The summed E-state index contributed by atoms with van der Waals surface area (Å²) in [6.45, 7) is 2.58. The highest BCUT2D eigenvalue weighted by Gasteiger charge is 2.15. The molecule has 0 fully saturated rings. The van der Waals surface area contributed by atoms with Crippen LogP contribution in [0.1, 0.15) is 23.7 Å². The van der Waals surface area contributed by atoms with E-state index in [1.165, 1.54) is 0 Å². The number of nitrogens with zero attached hydrogens (tertiary/aromatic N) is 4. The third kappa shape index (κ3) is 2.69. The number of ether oxygens (including phenoxy) is 1. The van der Waals surface area contributed by atoms with Crippen molar-refractivity contribution in [2.24, 2.45) is 0 Å². The second-order valence-electron chi connectivity index (χ2n) is 4.74. The van der Waals surface area contributed by atoms with Crippen LogP contribution in [0.2, 0.25) is 0 Å². The molecule has 21 heavy (non-hydrogen) atoms. The molecule has 0 aliphatic rings. The number of alkyl halides is 1. The standard InChI is InChI=1S/C15H15ClN4O/c1-10(16)15-19-12-8-17-5-4-13(12)20(15)9-11-3-6-18-14(7-11)21-2/h3-8,10H,9H2,1-2H3. The summed E-state index contributed by atoms with van der Waals surface area (Å²) < 4.78 is 7.27. The molecule has 0 aliphatic carbocycles. The second kappa shape index (κ2) is 5.69. The van der Waals surface area contributed by atoms with E-state index in [1.54, 1.807) is 25.7 Å². The molecule has 0 amide bonds. The van der Waals surface area contributed by atoms with Gasteiger partial charge >= 0.3 is 0 Å². The van der Waals surface area contributed by atoms with E-state index in [-0.39, 0.29) is 5.38 Å². The van der Waals surface area contributed by atoms with Crippen LogP contribution in [0.3, 0.4) is 0 Å². The molecule has 0 N–H and O–H groups in total. The van der Waals surface area contributed by atoms with Crippen LogP contribution < -0.4 is 4.74 Å². The third-order valence-corrected chi connectivity index (χ3v) is 3.48. The average molecular weight is 303 g/mol. The van der Waals surface area contributed by atoms with Crippen molar-refractivity contribution < 1.29 is 4.74 Å². The highest BCUT2D eigenvalue weighted by molar-refractivity contribution is 6.20. The molecule has 0 radical (unpaired) electrons. The predicted molar refractivity (Wildman–Crippen MR) is 81.7 cm³/mol. The van der Waals surface area contributed by atoms with Gasteiger partial charge in [-0.3, -0.25) is 4.98 Å². The SMILES string of the molecule is COc1cc(Cn2c(C(C)Cl)nc3cnccc32)ccn1. The summed E-state index contributed by atoms with van der Waals surface area (Å²) in [7, 11) is 1.61. The lowest BCUT2D eigenvalue weighted by molar-refractivity contribution is 0.397. The molecular weight excluding hydrogens is 288 g/mol. The van der Waals surface area contributed by atoms with E-state index in [0.717, 1.165) is 22.4 Å². The smallest absolute Gasteiger partial charge is 0.213 e. The summed E-state index contributed by atoms with van der Waals surface area (Å²) in [6, 6.07) is 5.82. The summed E-state index contributed by atoms with van der Waals surface area (Å²) in [5.41, 5.74) is 2.95. The molecule has 1 atom stereocenters. The van der Waals surface area contributed by atoms with Gasteiger partial charge in [-0.15, -0.1) is 11.6 Å². The molecule has 0 spiro atoms. The Balaban J connectivity index is 2.08. The van der Waals surface area contributed by atoms with Gasteiger partial charge in [0.05, 0.1) is 24.2 Å². The first kappa shape index (κ1) is 13.8. The molecule has 0 saturated heterocycles. The zero-order valence-electron chi connectivity index (χ0n) is 11.8. The van der Waals surface area contributed by atoms with Gasteiger partial charge in [0.25, 0.3) is 0 Å². The number of methoxy groups -OCH3 is 1. The van der Waals surface area contributed by atoms with Gasteiger partial charge in [-0.05, 0) is 24.6 Å². The number of halogens is 1. The van der Waals surface area contributed by atoms with Crippen molar-refractivity contribution in [3.63, 3.8) is 0 Å². The molecule has 108 valence electrons. The predicted octanol–water partition coefficient (Wildman–Crippen LogP) is 3.18. The zero-order chi connectivity index (χ0) is 14.8. The van der Waals surface area contributed by atoms with E-state index in [2.05, 4.69) is 19.5 Å². The normalized spacial score (nSPS) is 12.5. The lowest BCUT2D eigenvalue weighted by Crippen LogP contribution is -2.06. The van der Waals surface area contributed by atoms with Crippen LogP contribution in [-0.4, -0.2) is 26.6 Å². The zero-order valence-corrected chi connectivity index (χ0v) is 12.6. The summed E-state index contributed by atoms with van der Waals surface area (Å²) >= 11 is 6.26. The molecule has 3 rings (SSSR count). The van der Waals surface area contributed by atoms with Crippen molar-refractivity contribution in [2.75, 3.05) is 7.11 Å². The van der Waals surface area contributed by atoms with Gasteiger partial charge in [-0.25, -0.2) is 9.97 Å². The van der Waals surface area contributed by atoms with E-state index < -0.39 is 0 Å². The molecule has 5 nitrogen and oxygen atoms in total. The Morgan fingerprint density at radius 1 is 1.33 bits per heavy atom. The molecule has 3 aromatic heterocycles. The maximum absolute atomic E-state index is 6.26. The van der Waals surface area contributed by atoms with Gasteiger partial charge in [0, 0.05) is 25.0 Å². The number of aromatic nitrogens is 4. The number of pyridine rings is 2. The molecular formula is C15H15ClN4O. The van der Waals surface area contributed by atoms with Crippen molar-refractivity contribution in [2.45, 2.75) is 18.8 Å². The molecule has 0 aliphatic heterocycles. The molecule has 6 heteroatoms. The van der Waals surface area contributed by atoms with Crippen LogP contribution >= 0.6 is 11.6 Å². The third-order valence-electron chi connectivity index (χ3n) is 3.28. The van der Waals surface area contributed by atoms with Crippen LogP contribution in [0.5, 0.6) is 5.88 Å². The Morgan fingerprint density at radius 3 is 2.95 bits per heavy atom. The Kier molecular flexibility index (Phi) is 3.75. The Hall–Kier alpha value is -2.14. The second-order valence-corrected chi connectivity index (χ2v) is 5.40. The van der Waals surface area contributed by atoms with E-state index >= 15 is 0 Å². The first-order chi connectivity index (χ1) is 10.2. The molecule has 0 bridgehead atoms. The number of hydrogen-bond acceptors (Lipinski definition) is 4. The van der Waals surface area contributed by atoms with Crippen molar-refractivity contribution in [3.8, 4) is 5.88 Å². The average Bonchev–Trinajstić information content (AvgIpc) is 2.87. The number of rotatable bonds is 4. The van der Waals surface area contributed by atoms with Crippen molar-refractivity contribution >= 4 is 22.6 Å². The van der Waals surface area contributed by atoms with E-state index in [9.17, 15) is 0 Å². The lowest BCUT2D eigenvalue weighted by Gasteiger charge is -2.11. The molecule has 3 aromatic rings. The Bertz CT molecular complexity index is 769. The highest BCUT2D eigenvalue weighted by Crippen LogP contribution is 2.25. The molecule has 0 aromatic carbocycles. The van der Waals surface area contributed by atoms with Crippen LogP contribution in [0.15, 0.2) is 36.8 Å². The van der Waals surface area contributed by atoms with Crippen LogP contribution in [-0.2, 0) is 6.54 Å². The monoisotopic (exact) mass is 302 g/mol. The van der Waals surface area contributed by atoms with Gasteiger partial charge in [-0.1, -0.05) is 0 Å². The maximum atomic E-state index is 6.26. The topological polar surface area (TPSA) is 52.8 Å². The molecule has 1 unspecified atom stereocenters. The fourth-order valence-electron chi connectivity index (χ4n) is 2.31. The minimum absolute atomic E-state index is 0.180. The quantitative estimate of drug-likeness (QED) is 0.695. The molecule has 0 saturated carbocycles. The first-order valence-electron chi connectivity index (χ1n) is 6.62. The van der Waals surface area contributed by atoms with Crippen molar-refractivity contribution in [3.05, 3.63) is 48.2 Å². The van der Waals surface area contributed by atoms with Gasteiger partial charge in [-0.2, -0.15) is 0 Å². The highest BCUT2D eigenvalue weighted by atomic mass is 35.5. The van der Waals surface area contributed by atoms with Gasteiger partial charge in [0.15, 0.2) is 0 Å². The minimum atomic E-state index is -0.180. The van der Waals surface area contributed by atoms with E-state index in [1.807, 2.05) is 25.1 Å². The van der Waals surface area contributed by atoms with Crippen LogP contribution in [0.25, 0.3) is 11.0 Å². The fourth-order valence-corrected chi connectivity index (χ4v) is 2.48. The summed E-state index contributed by atoms with van der Waals surface area (Å²) in [5, 5.41) is -0.180. The van der Waals surface area contributed by atoms with Gasteiger partial charge in [0.1, 0.15) is 11.3 Å². The van der Waals surface area contributed by atoms with Crippen LogP contribution in [0, 0.1) is 0 Å². The van der Waals surface area contributed by atoms with Crippen LogP contribution in [0.4, 0.5) is 0 Å². The number of imidazole rings is 1. The van der Waals surface area contributed by atoms with Gasteiger partial charge < -0.3 is 9.30 Å². The minimum Gasteiger partial charge on any atom is -0.481 e. The first-order valence-corrected chi connectivity index (χ1v) is 7.06. The fraction of sp³-hybridized carbons (Fsp3) is 0.267. The lowest BCUT2D eigenvalue weighted by atomic mass is 10.2. The number of fused-ring (bicyclic) bond motifs is 1. The molecule has 3 heterocycles. The Morgan fingerprint density at radius 2 is 2.19 bits per heavy atom. The van der Waals surface area contributed by atoms with Crippen molar-refractivity contribution in [1.82, 2.24) is 19.5 Å². The summed E-state index contributed by atoms with van der Waals surface area (Å²) in [6.07, 6.45) is 5.25. The maximum Gasteiger partial charge on any atom is 0.213 e. The van der Waals surface area contributed by atoms with E-state index in [0.29, 0.717) is 12.4 Å². The van der Waals surface area contributed by atoms with Gasteiger partial charge in [0.2, 0.25) is 5.88 Å². The Labute approximate surface area is 127 Å². The van der Waals surface area contributed by atoms with E-state index in [4.69, 9.17) is 16.3 Å². The number of hydrogen-bond donors (Lipinski definition) is 0. The summed E-state index contributed by atoms with van der Waals surface area (Å²) in [4.78, 5) is 12.8. The van der Waals surface area contributed by atoms with Crippen molar-refractivity contribution in [1.29, 1.82) is 0 Å². The summed E-state index contributed by atoms with van der Waals surface area (Å²) in [5.74, 6) is 1.43.